The largest absolute Gasteiger partial charge is 0.489 e. The monoisotopic (exact) mass is 503 g/mol. The quantitative estimate of drug-likeness (QED) is 0.485. The maximum absolute atomic E-state index is 13.1. The number of anilines is 1. The van der Waals surface area contributed by atoms with Crippen LogP contribution in [0.3, 0.4) is 0 Å². The number of carbonyl (C=O) groups is 2. The Bertz CT molecular complexity index is 1280. The second-order valence-corrected chi connectivity index (χ2v) is 8.66. The first-order valence-corrected chi connectivity index (χ1v) is 11.1. The van der Waals surface area contributed by atoms with Gasteiger partial charge in [0, 0.05) is 17.8 Å². The first-order chi connectivity index (χ1) is 16.6. The summed E-state index contributed by atoms with van der Waals surface area (Å²) in [4.78, 5) is 28.0. The van der Waals surface area contributed by atoms with Crippen molar-refractivity contribution in [3.05, 3.63) is 87.7 Å². The van der Waals surface area contributed by atoms with Crippen molar-refractivity contribution in [3.8, 4) is 5.75 Å². The number of primary amides is 1. The van der Waals surface area contributed by atoms with E-state index < -0.39 is 28.6 Å². The Labute approximate surface area is 204 Å². The molecule has 1 heterocycles. The minimum Gasteiger partial charge on any atom is -0.489 e. The van der Waals surface area contributed by atoms with Gasteiger partial charge in [0.1, 0.15) is 18.1 Å². The Morgan fingerprint density at radius 2 is 1.91 bits per heavy atom. The third-order valence-electron chi connectivity index (χ3n) is 5.80. The van der Waals surface area contributed by atoms with Gasteiger partial charge in [0.05, 0.1) is 10.6 Å². The van der Waals surface area contributed by atoms with E-state index in [2.05, 4.69) is 10.3 Å². The van der Waals surface area contributed by atoms with Crippen LogP contribution in [-0.2, 0) is 30.4 Å². The normalized spacial score (nSPS) is 15.3. The SMILES string of the molecule is NC(=O)c1cc(COc2ccc3c(c2)CC(C(=O)Nc2ccc(Cl)c(C(F)(F)F)c2)CC3)ccn1. The van der Waals surface area contributed by atoms with Gasteiger partial charge in [-0.05, 0) is 78.4 Å². The first kappa shape index (κ1) is 24.5. The maximum atomic E-state index is 13.1. The number of nitrogens with zero attached hydrogens (tertiary/aromatic N) is 1. The Morgan fingerprint density at radius 3 is 2.66 bits per heavy atom. The summed E-state index contributed by atoms with van der Waals surface area (Å²) in [6.45, 7) is 0.198. The number of pyridine rings is 1. The van der Waals surface area contributed by atoms with Crippen LogP contribution in [-0.4, -0.2) is 16.8 Å². The van der Waals surface area contributed by atoms with Crippen molar-refractivity contribution >= 4 is 29.1 Å². The molecule has 1 aliphatic rings. The summed E-state index contributed by atoms with van der Waals surface area (Å²) >= 11 is 5.66. The topological polar surface area (TPSA) is 94.3 Å². The number of amides is 2. The fraction of sp³-hybridized carbons (Fsp3) is 0.240. The summed E-state index contributed by atoms with van der Waals surface area (Å²) < 4.78 is 45.2. The number of aromatic nitrogens is 1. The molecule has 0 fully saturated rings. The van der Waals surface area contributed by atoms with Gasteiger partial charge in [0.2, 0.25) is 5.91 Å². The van der Waals surface area contributed by atoms with Crippen LogP contribution < -0.4 is 15.8 Å². The zero-order valence-corrected chi connectivity index (χ0v) is 19.1. The van der Waals surface area contributed by atoms with E-state index in [4.69, 9.17) is 22.1 Å². The van der Waals surface area contributed by atoms with Crippen molar-refractivity contribution < 1.29 is 27.5 Å². The summed E-state index contributed by atoms with van der Waals surface area (Å²) in [5.74, 6) is -0.790. The molecule has 0 spiro atoms. The van der Waals surface area contributed by atoms with E-state index in [9.17, 15) is 22.8 Å². The number of hydrogen-bond acceptors (Lipinski definition) is 4. The molecule has 0 aliphatic heterocycles. The minimum atomic E-state index is -4.62. The van der Waals surface area contributed by atoms with E-state index in [1.165, 1.54) is 12.3 Å². The van der Waals surface area contributed by atoms with Crippen LogP contribution in [0, 0.1) is 5.92 Å². The number of fused-ring (bicyclic) bond motifs is 1. The molecule has 3 aromatic rings. The highest BCUT2D eigenvalue weighted by Gasteiger charge is 2.34. The maximum Gasteiger partial charge on any atom is 0.417 e. The first-order valence-electron chi connectivity index (χ1n) is 10.8. The molecule has 35 heavy (non-hydrogen) atoms. The molecule has 2 aromatic carbocycles. The summed E-state index contributed by atoms with van der Waals surface area (Å²) in [6, 6.07) is 12.2. The summed E-state index contributed by atoms with van der Waals surface area (Å²) in [5.41, 5.74) is 7.20. The van der Waals surface area contributed by atoms with Gasteiger partial charge in [-0.2, -0.15) is 13.2 Å². The molecule has 0 bridgehead atoms. The van der Waals surface area contributed by atoms with E-state index in [-0.39, 0.29) is 23.9 Å². The Hall–Kier alpha value is -3.59. The van der Waals surface area contributed by atoms with Crippen molar-refractivity contribution in [3.63, 3.8) is 0 Å². The van der Waals surface area contributed by atoms with E-state index >= 15 is 0 Å². The molecule has 6 nitrogen and oxygen atoms in total. The lowest BCUT2D eigenvalue weighted by Gasteiger charge is -2.24. The highest BCUT2D eigenvalue weighted by atomic mass is 35.5. The van der Waals surface area contributed by atoms with Crippen molar-refractivity contribution in [1.82, 2.24) is 4.98 Å². The molecule has 0 radical (unpaired) electrons. The number of rotatable bonds is 6. The third kappa shape index (κ3) is 5.92. The van der Waals surface area contributed by atoms with E-state index in [1.807, 2.05) is 18.2 Å². The molecule has 0 saturated carbocycles. The number of ether oxygens (including phenoxy) is 1. The average molecular weight is 504 g/mol. The van der Waals surface area contributed by atoms with Gasteiger partial charge in [-0.3, -0.25) is 14.6 Å². The summed E-state index contributed by atoms with van der Waals surface area (Å²) in [6.07, 6.45) is -1.47. The van der Waals surface area contributed by atoms with Crippen LogP contribution in [0.2, 0.25) is 5.02 Å². The van der Waals surface area contributed by atoms with Crippen LogP contribution >= 0.6 is 11.6 Å². The fourth-order valence-corrected chi connectivity index (χ4v) is 4.20. The number of alkyl halides is 3. The van der Waals surface area contributed by atoms with Crippen LogP contribution in [0.1, 0.15) is 39.2 Å². The molecule has 1 unspecified atom stereocenters. The molecule has 0 saturated heterocycles. The predicted octanol–water partition coefficient (Wildman–Crippen LogP) is 5.18. The van der Waals surface area contributed by atoms with Crippen LogP contribution in [0.4, 0.5) is 18.9 Å². The predicted molar refractivity (Wildman–Crippen MR) is 124 cm³/mol. The number of benzene rings is 2. The van der Waals surface area contributed by atoms with Gasteiger partial charge in [-0.1, -0.05) is 17.7 Å². The second-order valence-electron chi connectivity index (χ2n) is 8.25. The minimum absolute atomic E-state index is 0.0438. The van der Waals surface area contributed by atoms with Crippen molar-refractivity contribution in [1.29, 1.82) is 0 Å². The smallest absolute Gasteiger partial charge is 0.417 e. The number of aryl methyl sites for hydroxylation is 1. The van der Waals surface area contributed by atoms with Crippen molar-refractivity contribution in [2.75, 3.05) is 5.32 Å². The molecule has 1 aliphatic carbocycles. The highest BCUT2D eigenvalue weighted by Crippen LogP contribution is 2.36. The zero-order valence-electron chi connectivity index (χ0n) is 18.4. The fourth-order valence-electron chi connectivity index (χ4n) is 3.98. The molecule has 182 valence electrons. The van der Waals surface area contributed by atoms with Crippen molar-refractivity contribution in [2.24, 2.45) is 11.7 Å². The molecular weight excluding hydrogens is 483 g/mol. The van der Waals surface area contributed by atoms with E-state index in [0.29, 0.717) is 25.0 Å². The zero-order chi connectivity index (χ0) is 25.2. The lowest BCUT2D eigenvalue weighted by atomic mass is 9.83. The molecule has 3 N–H and O–H groups in total. The van der Waals surface area contributed by atoms with E-state index in [1.54, 1.807) is 12.1 Å². The van der Waals surface area contributed by atoms with Crippen LogP contribution in [0.15, 0.2) is 54.7 Å². The van der Waals surface area contributed by atoms with E-state index in [0.717, 1.165) is 28.8 Å². The summed E-state index contributed by atoms with van der Waals surface area (Å²) in [7, 11) is 0. The van der Waals surface area contributed by atoms with Gasteiger partial charge in [0.15, 0.2) is 0 Å². The second kappa shape index (κ2) is 9.95. The standard InChI is InChI=1S/C25H21ClF3N3O3/c26-21-6-4-18(12-20(21)25(27,28)29)32-24(34)16-2-1-15-3-5-19(11-17(15)10-16)35-13-14-7-8-31-22(9-14)23(30)33/h3-9,11-12,16H,1-2,10,13H2,(H2,30,33)(H,32,34). The van der Waals surface area contributed by atoms with Crippen LogP contribution in [0.25, 0.3) is 0 Å². The van der Waals surface area contributed by atoms with Gasteiger partial charge < -0.3 is 15.8 Å². The number of halogens is 4. The number of carbonyl (C=O) groups excluding carboxylic acids is 2. The van der Waals surface area contributed by atoms with Gasteiger partial charge in [0.25, 0.3) is 5.91 Å². The highest BCUT2D eigenvalue weighted by molar-refractivity contribution is 6.31. The summed E-state index contributed by atoms with van der Waals surface area (Å²) in [5, 5.41) is 2.16. The van der Waals surface area contributed by atoms with Gasteiger partial charge in [-0.25, -0.2) is 0 Å². The molecular formula is C25H21ClF3N3O3. The third-order valence-corrected chi connectivity index (χ3v) is 6.13. The molecule has 1 atom stereocenters. The lowest BCUT2D eigenvalue weighted by Crippen LogP contribution is -2.28. The Kier molecular flexibility index (Phi) is 6.98. The molecule has 1 aromatic heterocycles. The van der Waals surface area contributed by atoms with Gasteiger partial charge in [-0.15, -0.1) is 0 Å². The van der Waals surface area contributed by atoms with Crippen molar-refractivity contribution in [2.45, 2.75) is 32.0 Å². The average Bonchev–Trinajstić information content (AvgIpc) is 2.82. The number of hydrogen-bond donors (Lipinski definition) is 2. The lowest BCUT2D eigenvalue weighted by molar-refractivity contribution is -0.137. The molecule has 2 amide bonds. The van der Waals surface area contributed by atoms with Crippen LogP contribution in [0.5, 0.6) is 5.75 Å². The molecule has 4 rings (SSSR count). The Morgan fingerprint density at radius 1 is 1.11 bits per heavy atom. The molecule has 10 heteroatoms. The van der Waals surface area contributed by atoms with Gasteiger partial charge >= 0.3 is 6.18 Å². The number of nitrogens with two attached hydrogens (primary N) is 1. The number of nitrogens with one attached hydrogen (secondary N) is 1. The Balaban J connectivity index is 1.42.